The molecule has 0 fully saturated rings. The number of carbonyl (C=O) groups excluding carboxylic acids is 1. The zero-order chi connectivity index (χ0) is 13.3. The van der Waals surface area contributed by atoms with Crippen molar-refractivity contribution in [2.45, 2.75) is 12.2 Å². The Morgan fingerprint density at radius 1 is 1.56 bits per heavy atom. The third kappa shape index (κ3) is 2.46. The maximum absolute atomic E-state index is 11.1. The average Bonchev–Trinajstić information content (AvgIpc) is 2.30. The van der Waals surface area contributed by atoms with Crippen molar-refractivity contribution < 1.29 is 9.72 Å². The Bertz CT molecular complexity index is 561. The van der Waals surface area contributed by atoms with E-state index in [1.54, 1.807) is 6.07 Å². The van der Waals surface area contributed by atoms with E-state index in [9.17, 15) is 14.9 Å². The first-order valence-electron chi connectivity index (χ1n) is 4.97. The Labute approximate surface area is 112 Å². The molecule has 0 aromatic heterocycles. The molecule has 1 aromatic carbocycles. The molecular weight excluding hydrogens is 278 g/mol. The number of nitrogens with zero attached hydrogens (tertiary/aromatic N) is 2. The molecule has 94 valence electrons. The van der Waals surface area contributed by atoms with Crippen molar-refractivity contribution in [1.29, 1.82) is 0 Å². The standard InChI is InChI=1S/C10H8ClN3O3S/c1-5-9(12-13-10(15)18-5)6-2-3-7(11)8(4-6)14(16)17/h2-5H,1H3,(H,13,15). The highest BCUT2D eigenvalue weighted by molar-refractivity contribution is 8.14. The predicted octanol–water partition coefficient (Wildman–Crippen LogP) is 2.80. The summed E-state index contributed by atoms with van der Waals surface area (Å²) in [6.45, 7) is 1.81. The summed E-state index contributed by atoms with van der Waals surface area (Å²) in [5.41, 5.74) is 3.32. The number of carbonyl (C=O) groups is 1. The van der Waals surface area contributed by atoms with E-state index in [1.807, 2.05) is 6.92 Å². The van der Waals surface area contributed by atoms with Crippen molar-refractivity contribution in [3.8, 4) is 0 Å². The summed E-state index contributed by atoms with van der Waals surface area (Å²) in [6, 6.07) is 4.45. The minimum atomic E-state index is -0.550. The molecule has 1 amide bonds. The highest BCUT2D eigenvalue weighted by Crippen LogP contribution is 2.28. The van der Waals surface area contributed by atoms with E-state index in [-0.39, 0.29) is 21.2 Å². The lowest BCUT2D eigenvalue weighted by Gasteiger charge is -2.18. The third-order valence-electron chi connectivity index (χ3n) is 2.38. The van der Waals surface area contributed by atoms with Crippen molar-refractivity contribution in [3.63, 3.8) is 0 Å². The van der Waals surface area contributed by atoms with Crippen molar-refractivity contribution in [1.82, 2.24) is 5.43 Å². The van der Waals surface area contributed by atoms with E-state index in [0.717, 1.165) is 11.8 Å². The number of benzene rings is 1. The molecule has 0 radical (unpaired) electrons. The van der Waals surface area contributed by atoms with Gasteiger partial charge in [0.1, 0.15) is 5.02 Å². The molecule has 0 spiro atoms. The van der Waals surface area contributed by atoms with E-state index in [0.29, 0.717) is 11.3 Å². The number of nitro groups is 1. The number of nitrogens with one attached hydrogen (secondary N) is 1. The maximum atomic E-state index is 11.1. The number of hydrazone groups is 1. The highest BCUT2D eigenvalue weighted by Gasteiger charge is 2.24. The van der Waals surface area contributed by atoms with E-state index in [1.165, 1.54) is 12.1 Å². The minimum Gasteiger partial charge on any atom is -0.260 e. The van der Waals surface area contributed by atoms with Gasteiger partial charge in [-0.3, -0.25) is 14.9 Å². The van der Waals surface area contributed by atoms with Crippen LogP contribution in [0.1, 0.15) is 12.5 Å². The summed E-state index contributed by atoms with van der Waals surface area (Å²) < 4.78 is 0. The molecule has 1 aromatic rings. The van der Waals surface area contributed by atoms with Crippen LogP contribution in [0.2, 0.25) is 5.02 Å². The molecule has 8 heteroatoms. The van der Waals surface area contributed by atoms with E-state index < -0.39 is 4.92 Å². The van der Waals surface area contributed by atoms with Gasteiger partial charge in [-0.25, -0.2) is 5.43 Å². The number of hydrogen-bond acceptors (Lipinski definition) is 5. The molecule has 0 aliphatic carbocycles. The van der Waals surface area contributed by atoms with Gasteiger partial charge in [0.05, 0.1) is 15.9 Å². The molecule has 1 N–H and O–H groups in total. The van der Waals surface area contributed by atoms with Gasteiger partial charge in [0.2, 0.25) is 0 Å². The smallest absolute Gasteiger partial charge is 0.260 e. The normalized spacial score (nSPS) is 19.1. The number of hydrogen-bond donors (Lipinski definition) is 1. The Morgan fingerprint density at radius 3 is 2.89 bits per heavy atom. The number of amides is 1. The Kier molecular flexibility index (Phi) is 3.53. The fourth-order valence-electron chi connectivity index (χ4n) is 1.55. The van der Waals surface area contributed by atoms with Gasteiger partial charge in [-0.1, -0.05) is 29.4 Å². The van der Waals surface area contributed by atoms with Gasteiger partial charge in [-0.2, -0.15) is 5.10 Å². The second kappa shape index (κ2) is 4.95. The van der Waals surface area contributed by atoms with E-state index >= 15 is 0 Å². The number of rotatable bonds is 2. The average molecular weight is 286 g/mol. The molecule has 1 unspecified atom stereocenters. The molecule has 1 heterocycles. The van der Waals surface area contributed by atoms with Gasteiger partial charge in [0, 0.05) is 11.6 Å². The van der Waals surface area contributed by atoms with Crippen molar-refractivity contribution in [3.05, 3.63) is 38.9 Å². The van der Waals surface area contributed by atoms with Gasteiger partial charge in [0.25, 0.3) is 10.9 Å². The second-order valence-electron chi connectivity index (χ2n) is 3.58. The zero-order valence-corrected chi connectivity index (χ0v) is 10.8. The lowest BCUT2D eigenvalue weighted by Crippen LogP contribution is -2.29. The lowest BCUT2D eigenvalue weighted by atomic mass is 10.1. The monoisotopic (exact) mass is 285 g/mol. The molecule has 2 rings (SSSR count). The van der Waals surface area contributed by atoms with Gasteiger partial charge in [-0.15, -0.1) is 0 Å². The molecule has 6 nitrogen and oxygen atoms in total. The molecule has 1 aliphatic heterocycles. The third-order valence-corrected chi connectivity index (χ3v) is 3.58. The summed E-state index contributed by atoms with van der Waals surface area (Å²) in [6.07, 6.45) is 0. The molecule has 0 saturated carbocycles. The molecule has 1 aliphatic rings. The Hall–Kier alpha value is -1.60. The van der Waals surface area contributed by atoms with Crippen LogP contribution >= 0.6 is 23.4 Å². The van der Waals surface area contributed by atoms with Crippen LogP contribution in [0, 0.1) is 10.1 Å². The quantitative estimate of drug-likeness (QED) is 0.669. The first-order chi connectivity index (χ1) is 8.49. The van der Waals surface area contributed by atoms with Crippen LogP contribution in [0.5, 0.6) is 0 Å². The minimum absolute atomic E-state index is 0.0736. The topological polar surface area (TPSA) is 84.6 Å². The Balaban J connectivity index is 2.43. The zero-order valence-electron chi connectivity index (χ0n) is 9.21. The SMILES string of the molecule is CC1SC(=O)NN=C1c1ccc(Cl)c([N+](=O)[O-])c1. The van der Waals surface area contributed by atoms with E-state index in [2.05, 4.69) is 10.5 Å². The van der Waals surface area contributed by atoms with Crippen molar-refractivity contribution in [2.24, 2.45) is 5.10 Å². The fraction of sp³-hybridized carbons (Fsp3) is 0.200. The summed E-state index contributed by atoms with van der Waals surface area (Å²) in [7, 11) is 0. The first kappa shape index (κ1) is 12.8. The van der Waals surface area contributed by atoms with Crippen LogP contribution in [0.25, 0.3) is 0 Å². The maximum Gasteiger partial charge on any atom is 0.299 e. The predicted molar refractivity (Wildman–Crippen MR) is 70.2 cm³/mol. The molecule has 1 atom stereocenters. The summed E-state index contributed by atoms with van der Waals surface area (Å²) in [4.78, 5) is 21.3. The van der Waals surface area contributed by atoms with Crippen LogP contribution in [0.15, 0.2) is 23.3 Å². The number of nitro benzene ring substituents is 1. The number of thioether (sulfide) groups is 1. The first-order valence-corrected chi connectivity index (χ1v) is 6.23. The van der Waals surface area contributed by atoms with Crippen LogP contribution in [0.4, 0.5) is 10.5 Å². The van der Waals surface area contributed by atoms with Crippen molar-refractivity contribution in [2.75, 3.05) is 0 Å². The molecule has 0 bridgehead atoms. The van der Waals surface area contributed by atoms with Crippen LogP contribution in [-0.2, 0) is 0 Å². The van der Waals surface area contributed by atoms with Crippen molar-refractivity contribution >= 4 is 40.0 Å². The van der Waals surface area contributed by atoms with Gasteiger partial charge in [0.15, 0.2) is 0 Å². The van der Waals surface area contributed by atoms with Gasteiger partial charge < -0.3 is 0 Å². The van der Waals surface area contributed by atoms with E-state index in [4.69, 9.17) is 11.6 Å². The lowest BCUT2D eigenvalue weighted by molar-refractivity contribution is -0.384. The molecule has 0 saturated heterocycles. The summed E-state index contributed by atoms with van der Waals surface area (Å²) in [5.74, 6) is 0. The second-order valence-corrected chi connectivity index (χ2v) is 5.30. The van der Waals surface area contributed by atoms with Crippen LogP contribution < -0.4 is 5.43 Å². The Morgan fingerprint density at radius 2 is 2.28 bits per heavy atom. The van der Waals surface area contributed by atoms with Crippen LogP contribution in [0.3, 0.4) is 0 Å². The van der Waals surface area contributed by atoms with Gasteiger partial charge >= 0.3 is 0 Å². The van der Waals surface area contributed by atoms with Crippen LogP contribution in [-0.4, -0.2) is 21.1 Å². The van der Waals surface area contributed by atoms with Gasteiger partial charge in [-0.05, 0) is 13.0 Å². The fourth-order valence-corrected chi connectivity index (χ4v) is 2.46. The summed E-state index contributed by atoms with van der Waals surface area (Å²) >= 11 is 6.81. The molecule has 18 heavy (non-hydrogen) atoms. The number of halogens is 1. The largest absolute Gasteiger partial charge is 0.299 e. The summed E-state index contributed by atoms with van der Waals surface area (Å²) in [5, 5.41) is 14.4. The highest BCUT2D eigenvalue weighted by atomic mass is 35.5. The molecular formula is C10H8ClN3O3S.